The second kappa shape index (κ2) is 8.26. The Kier molecular flexibility index (Phi) is 6.36. The first-order chi connectivity index (χ1) is 10.9. The van der Waals surface area contributed by atoms with Crippen LogP contribution < -0.4 is 10.6 Å². The summed E-state index contributed by atoms with van der Waals surface area (Å²) in [5.74, 6) is 0.0905. The van der Waals surface area contributed by atoms with Crippen LogP contribution in [0.4, 0.5) is 14.9 Å². The van der Waals surface area contributed by atoms with E-state index in [1.165, 1.54) is 12.1 Å². The molecule has 128 valence electrons. The van der Waals surface area contributed by atoms with Crippen LogP contribution in [0.1, 0.15) is 12.5 Å². The molecule has 1 aliphatic heterocycles. The van der Waals surface area contributed by atoms with Gasteiger partial charge in [-0.25, -0.2) is 9.18 Å². The van der Waals surface area contributed by atoms with E-state index in [9.17, 15) is 9.18 Å². The largest absolute Gasteiger partial charge is 0.338 e. The number of hydrogen-bond acceptors (Lipinski definition) is 3. The molecule has 0 radical (unpaired) electrons. The number of piperazine rings is 1. The summed E-state index contributed by atoms with van der Waals surface area (Å²) < 4.78 is 13.0. The number of carbonyl (C=O) groups excluding carboxylic acids is 1. The molecule has 1 saturated heterocycles. The van der Waals surface area contributed by atoms with Crippen molar-refractivity contribution in [1.82, 2.24) is 15.1 Å². The number of nitrogens with one attached hydrogen (secondary N) is 2. The summed E-state index contributed by atoms with van der Waals surface area (Å²) in [6.07, 6.45) is 0. The zero-order valence-electron chi connectivity index (χ0n) is 14.2. The van der Waals surface area contributed by atoms with Crippen LogP contribution in [0.3, 0.4) is 0 Å². The first kappa shape index (κ1) is 17.7. The molecule has 0 bridgehead atoms. The molecular formula is C17H27FN4O. The highest BCUT2D eigenvalue weighted by molar-refractivity contribution is 5.89. The highest BCUT2D eigenvalue weighted by Gasteiger charge is 2.16. The maximum Gasteiger partial charge on any atom is 0.319 e. The number of aryl methyl sites for hydroxylation is 1. The van der Waals surface area contributed by atoms with Crippen molar-refractivity contribution in [3.05, 3.63) is 29.6 Å². The van der Waals surface area contributed by atoms with E-state index < -0.39 is 0 Å². The van der Waals surface area contributed by atoms with Crippen molar-refractivity contribution < 1.29 is 9.18 Å². The first-order valence-electron chi connectivity index (χ1n) is 8.16. The highest BCUT2D eigenvalue weighted by Crippen LogP contribution is 2.15. The lowest BCUT2D eigenvalue weighted by Gasteiger charge is -2.33. The Morgan fingerprint density at radius 2 is 2.00 bits per heavy atom. The topological polar surface area (TPSA) is 47.6 Å². The normalized spacial score (nSPS) is 17.7. The third-order valence-electron chi connectivity index (χ3n) is 4.21. The van der Waals surface area contributed by atoms with Crippen LogP contribution in [0, 0.1) is 18.7 Å². The molecule has 5 nitrogen and oxygen atoms in total. The molecule has 2 N–H and O–H groups in total. The molecule has 2 amide bonds. The van der Waals surface area contributed by atoms with Gasteiger partial charge in [0, 0.05) is 45.0 Å². The molecular weight excluding hydrogens is 295 g/mol. The van der Waals surface area contributed by atoms with Gasteiger partial charge in [0.05, 0.1) is 0 Å². The Morgan fingerprint density at radius 1 is 1.30 bits per heavy atom. The zero-order valence-corrected chi connectivity index (χ0v) is 14.2. The lowest BCUT2D eigenvalue weighted by atomic mass is 10.1. The third kappa shape index (κ3) is 5.80. The summed E-state index contributed by atoms with van der Waals surface area (Å²) in [4.78, 5) is 16.7. The van der Waals surface area contributed by atoms with Crippen LogP contribution in [-0.4, -0.2) is 62.1 Å². The van der Waals surface area contributed by atoms with E-state index in [1.54, 1.807) is 13.0 Å². The Balaban J connectivity index is 1.71. The second-order valence-electron chi connectivity index (χ2n) is 6.50. The molecule has 1 atom stereocenters. The van der Waals surface area contributed by atoms with Gasteiger partial charge in [0.25, 0.3) is 0 Å². The van der Waals surface area contributed by atoms with Crippen molar-refractivity contribution in [3.8, 4) is 0 Å². The molecule has 23 heavy (non-hydrogen) atoms. The Labute approximate surface area is 137 Å². The number of halogens is 1. The van der Waals surface area contributed by atoms with Gasteiger partial charge in [-0.15, -0.1) is 0 Å². The van der Waals surface area contributed by atoms with Crippen LogP contribution >= 0.6 is 0 Å². The number of carbonyl (C=O) groups is 1. The molecule has 1 aromatic rings. The predicted molar refractivity (Wildman–Crippen MR) is 91.3 cm³/mol. The average Bonchev–Trinajstić information content (AvgIpc) is 2.50. The van der Waals surface area contributed by atoms with Gasteiger partial charge in [-0.1, -0.05) is 6.92 Å². The van der Waals surface area contributed by atoms with Gasteiger partial charge in [0.15, 0.2) is 0 Å². The number of nitrogens with zero attached hydrogens (tertiary/aromatic N) is 2. The number of urea groups is 1. The molecule has 1 fully saturated rings. The van der Waals surface area contributed by atoms with Crippen molar-refractivity contribution >= 4 is 11.7 Å². The smallest absolute Gasteiger partial charge is 0.319 e. The molecule has 2 rings (SSSR count). The van der Waals surface area contributed by atoms with Gasteiger partial charge in [-0.05, 0) is 43.7 Å². The second-order valence-corrected chi connectivity index (χ2v) is 6.50. The number of anilines is 1. The molecule has 1 heterocycles. The number of amides is 2. The van der Waals surface area contributed by atoms with Crippen molar-refractivity contribution in [2.45, 2.75) is 13.8 Å². The summed E-state index contributed by atoms with van der Waals surface area (Å²) in [5, 5.41) is 5.66. The third-order valence-corrected chi connectivity index (χ3v) is 4.21. The van der Waals surface area contributed by atoms with Gasteiger partial charge in [-0.3, -0.25) is 0 Å². The molecule has 0 spiro atoms. The Bertz CT molecular complexity index is 529. The maximum absolute atomic E-state index is 13.0. The Morgan fingerprint density at radius 3 is 2.65 bits per heavy atom. The van der Waals surface area contributed by atoms with E-state index in [0.717, 1.165) is 32.7 Å². The molecule has 6 heteroatoms. The van der Waals surface area contributed by atoms with E-state index in [0.29, 0.717) is 23.7 Å². The summed E-state index contributed by atoms with van der Waals surface area (Å²) in [6.45, 7) is 9.90. The van der Waals surface area contributed by atoms with E-state index in [4.69, 9.17) is 0 Å². The van der Waals surface area contributed by atoms with Crippen LogP contribution in [0.5, 0.6) is 0 Å². The van der Waals surface area contributed by atoms with Crippen molar-refractivity contribution in [1.29, 1.82) is 0 Å². The molecule has 1 aliphatic rings. The fourth-order valence-electron chi connectivity index (χ4n) is 2.74. The number of likely N-dealkylation sites (N-methyl/N-ethyl adjacent to an activating group) is 1. The fourth-order valence-corrected chi connectivity index (χ4v) is 2.74. The molecule has 0 aliphatic carbocycles. The first-order valence-corrected chi connectivity index (χ1v) is 8.16. The van der Waals surface area contributed by atoms with Crippen LogP contribution in [-0.2, 0) is 0 Å². The quantitative estimate of drug-likeness (QED) is 0.873. The Hall–Kier alpha value is -1.66. The summed E-state index contributed by atoms with van der Waals surface area (Å²) in [7, 11) is 2.14. The minimum Gasteiger partial charge on any atom is -0.338 e. The van der Waals surface area contributed by atoms with Gasteiger partial charge in [0.2, 0.25) is 0 Å². The van der Waals surface area contributed by atoms with E-state index in [2.05, 4.69) is 34.4 Å². The standard InChI is InChI=1S/C17H27FN4O/c1-13(12-22-8-6-21(3)7-9-22)11-19-17(23)20-16-5-4-15(18)10-14(16)2/h4-5,10,13H,6-9,11-12H2,1-3H3,(H2,19,20,23)/t13-/m1/s1. The van der Waals surface area contributed by atoms with E-state index >= 15 is 0 Å². The predicted octanol–water partition coefficient (Wildman–Crippen LogP) is 2.14. The number of hydrogen-bond donors (Lipinski definition) is 2. The lowest BCUT2D eigenvalue weighted by molar-refractivity contribution is 0.138. The van der Waals surface area contributed by atoms with E-state index in [1.807, 2.05) is 0 Å². The summed E-state index contributed by atoms with van der Waals surface area (Å²) in [6, 6.07) is 4.09. The lowest BCUT2D eigenvalue weighted by Crippen LogP contribution is -2.47. The van der Waals surface area contributed by atoms with Crippen molar-refractivity contribution in [2.75, 3.05) is 51.6 Å². The zero-order chi connectivity index (χ0) is 16.8. The minimum absolute atomic E-state index is 0.245. The maximum atomic E-state index is 13.0. The molecule has 1 aromatic carbocycles. The van der Waals surface area contributed by atoms with Crippen LogP contribution in [0.15, 0.2) is 18.2 Å². The average molecular weight is 322 g/mol. The van der Waals surface area contributed by atoms with Crippen molar-refractivity contribution in [2.24, 2.45) is 5.92 Å². The van der Waals surface area contributed by atoms with Gasteiger partial charge in [0.1, 0.15) is 5.82 Å². The van der Waals surface area contributed by atoms with E-state index in [-0.39, 0.29) is 11.8 Å². The molecule has 0 saturated carbocycles. The van der Waals surface area contributed by atoms with Crippen LogP contribution in [0.2, 0.25) is 0 Å². The van der Waals surface area contributed by atoms with Gasteiger partial charge < -0.3 is 20.4 Å². The SMILES string of the molecule is Cc1cc(F)ccc1NC(=O)NC[C@@H](C)CN1CCN(C)CC1. The van der Waals surface area contributed by atoms with Gasteiger partial charge >= 0.3 is 6.03 Å². The summed E-state index contributed by atoms with van der Waals surface area (Å²) in [5.41, 5.74) is 1.35. The fraction of sp³-hybridized carbons (Fsp3) is 0.588. The number of benzene rings is 1. The van der Waals surface area contributed by atoms with Crippen molar-refractivity contribution in [3.63, 3.8) is 0 Å². The van der Waals surface area contributed by atoms with Gasteiger partial charge in [-0.2, -0.15) is 0 Å². The van der Waals surface area contributed by atoms with Crippen LogP contribution in [0.25, 0.3) is 0 Å². The minimum atomic E-state index is -0.297. The number of rotatable bonds is 5. The summed E-state index contributed by atoms with van der Waals surface area (Å²) >= 11 is 0. The monoisotopic (exact) mass is 322 g/mol. The highest BCUT2D eigenvalue weighted by atomic mass is 19.1. The molecule has 0 aromatic heterocycles. The molecule has 0 unspecified atom stereocenters.